The van der Waals surface area contributed by atoms with E-state index in [2.05, 4.69) is 37.0 Å². The van der Waals surface area contributed by atoms with Crippen LogP contribution < -0.4 is 9.75 Å². The van der Waals surface area contributed by atoms with Crippen LogP contribution >= 0.6 is 55.1 Å². The monoisotopic (exact) mass is 530 g/mol. The van der Waals surface area contributed by atoms with Gasteiger partial charge in [0, 0.05) is 10.0 Å². The molecule has 0 saturated carbocycles. The summed E-state index contributed by atoms with van der Waals surface area (Å²) in [5, 5.41) is 6.47. The molecule has 0 aliphatic carbocycles. The summed E-state index contributed by atoms with van der Waals surface area (Å²) in [7, 11) is 0. The molecule has 1 aliphatic heterocycles. The highest BCUT2D eigenvalue weighted by Crippen LogP contribution is 2.36. The summed E-state index contributed by atoms with van der Waals surface area (Å²) in [5.41, 5.74) is 2.40. The molecule has 3 rings (SSSR count). The number of hydrogen-bond acceptors (Lipinski definition) is 3. The molecule has 0 radical (unpaired) electrons. The second-order valence-electron chi connectivity index (χ2n) is 5.70. The Morgan fingerprint density at radius 3 is 2.59 bits per heavy atom. The largest absolute Gasteiger partial charge is 0.492 e. The molecule has 4 nitrogen and oxygen atoms in total. The Hall–Kier alpha value is -1.34. The van der Waals surface area contributed by atoms with Crippen LogP contribution in [0.2, 0.25) is 10.0 Å². The number of benzene rings is 2. The molecule has 2 aromatic rings. The van der Waals surface area contributed by atoms with Gasteiger partial charge >= 0.3 is 0 Å². The minimum Gasteiger partial charge on any atom is -0.492 e. The number of hydrogen-bond donors (Lipinski definition) is 0. The van der Waals surface area contributed by atoms with Crippen LogP contribution in [0, 0.1) is 0 Å². The van der Waals surface area contributed by atoms with Crippen LogP contribution in [0.5, 0.6) is 5.75 Å². The molecule has 0 saturated heterocycles. The van der Waals surface area contributed by atoms with E-state index in [1.54, 1.807) is 31.2 Å². The van der Waals surface area contributed by atoms with Gasteiger partial charge in [-0.2, -0.15) is 10.1 Å². The summed E-state index contributed by atoms with van der Waals surface area (Å²) in [6, 6.07) is 8.74. The topological polar surface area (TPSA) is 41.9 Å². The second-order valence-corrected chi connectivity index (χ2v) is 8.28. The van der Waals surface area contributed by atoms with Gasteiger partial charge in [0.2, 0.25) is 0 Å². The van der Waals surface area contributed by atoms with E-state index in [0.717, 1.165) is 14.5 Å². The Bertz CT molecular complexity index is 990. The van der Waals surface area contributed by atoms with Crippen LogP contribution in [-0.2, 0) is 4.79 Å². The molecule has 2 aromatic carbocycles. The molecular weight excluding hydrogens is 519 g/mol. The Morgan fingerprint density at radius 2 is 1.93 bits per heavy atom. The van der Waals surface area contributed by atoms with E-state index < -0.39 is 0 Å². The zero-order valence-corrected chi connectivity index (χ0v) is 19.1. The Labute approximate surface area is 184 Å². The zero-order valence-electron chi connectivity index (χ0n) is 14.4. The van der Waals surface area contributed by atoms with Crippen molar-refractivity contribution in [1.29, 1.82) is 0 Å². The summed E-state index contributed by atoms with van der Waals surface area (Å²) in [4.78, 5) is 13.0. The van der Waals surface area contributed by atoms with Crippen molar-refractivity contribution in [1.82, 2.24) is 0 Å². The zero-order chi connectivity index (χ0) is 19.7. The molecule has 8 heteroatoms. The maximum absolute atomic E-state index is 13.0. The van der Waals surface area contributed by atoms with Crippen LogP contribution in [0.3, 0.4) is 0 Å². The van der Waals surface area contributed by atoms with E-state index >= 15 is 0 Å². The number of carbonyl (C=O) groups is 1. The van der Waals surface area contributed by atoms with Gasteiger partial charge < -0.3 is 4.74 Å². The van der Waals surface area contributed by atoms with E-state index in [4.69, 9.17) is 27.9 Å². The first-order valence-corrected chi connectivity index (χ1v) is 10.3. The molecule has 0 unspecified atom stereocenters. The molecule has 0 atom stereocenters. The predicted molar refractivity (Wildman–Crippen MR) is 118 cm³/mol. The highest BCUT2D eigenvalue weighted by Gasteiger charge is 2.29. The SMILES string of the molecule is CCOc1c(Br)cc(Br)cc1/C=C1\C(=O)N(c2ccc(Cl)c(Cl)c2)N=C1C. The first-order chi connectivity index (χ1) is 12.8. The van der Waals surface area contributed by atoms with Gasteiger partial charge in [-0.05, 0) is 66.2 Å². The molecule has 0 N–H and O–H groups in total. The maximum atomic E-state index is 13.0. The van der Waals surface area contributed by atoms with Gasteiger partial charge in [-0.3, -0.25) is 4.79 Å². The van der Waals surface area contributed by atoms with Gasteiger partial charge in [0.25, 0.3) is 5.91 Å². The van der Waals surface area contributed by atoms with E-state index in [1.807, 2.05) is 19.1 Å². The van der Waals surface area contributed by atoms with Crippen LogP contribution in [0.25, 0.3) is 6.08 Å². The van der Waals surface area contributed by atoms with Gasteiger partial charge in [0.1, 0.15) is 5.75 Å². The third-order valence-electron chi connectivity index (χ3n) is 3.84. The van der Waals surface area contributed by atoms with Crippen LogP contribution in [0.4, 0.5) is 5.69 Å². The fraction of sp³-hybridized carbons (Fsp3) is 0.158. The molecule has 1 amide bonds. The molecule has 0 aromatic heterocycles. The van der Waals surface area contributed by atoms with E-state index in [9.17, 15) is 4.79 Å². The summed E-state index contributed by atoms with van der Waals surface area (Å²) >= 11 is 19.0. The van der Waals surface area contributed by atoms with Gasteiger partial charge in [-0.1, -0.05) is 39.1 Å². The molecule has 0 spiro atoms. The number of halogens is 4. The fourth-order valence-electron chi connectivity index (χ4n) is 2.62. The number of amides is 1. The molecule has 1 heterocycles. The molecule has 140 valence electrons. The second kappa shape index (κ2) is 8.35. The number of anilines is 1. The van der Waals surface area contributed by atoms with Crippen molar-refractivity contribution in [3.8, 4) is 5.75 Å². The van der Waals surface area contributed by atoms with Gasteiger partial charge in [-0.15, -0.1) is 0 Å². The first-order valence-electron chi connectivity index (χ1n) is 8.00. The summed E-state index contributed by atoms with van der Waals surface area (Å²) in [6.07, 6.45) is 1.78. The van der Waals surface area contributed by atoms with E-state index in [1.165, 1.54) is 5.01 Å². The number of ether oxygens (including phenoxy) is 1. The molecular formula is C19H14Br2Cl2N2O2. The van der Waals surface area contributed by atoms with Crippen molar-refractivity contribution in [2.75, 3.05) is 11.6 Å². The average Bonchev–Trinajstić information content (AvgIpc) is 2.88. The fourth-order valence-corrected chi connectivity index (χ4v) is 4.28. The minimum atomic E-state index is -0.246. The normalized spacial score (nSPS) is 15.5. The first kappa shape index (κ1) is 20.4. The lowest BCUT2D eigenvalue weighted by Gasteiger charge is -2.13. The lowest BCUT2D eigenvalue weighted by Crippen LogP contribution is -2.21. The van der Waals surface area contributed by atoms with Crippen molar-refractivity contribution in [3.05, 3.63) is 60.5 Å². The van der Waals surface area contributed by atoms with Crippen molar-refractivity contribution in [2.24, 2.45) is 5.10 Å². The van der Waals surface area contributed by atoms with Crippen molar-refractivity contribution >= 4 is 78.4 Å². The molecule has 0 fully saturated rings. The van der Waals surface area contributed by atoms with Crippen molar-refractivity contribution < 1.29 is 9.53 Å². The summed E-state index contributed by atoms with van der Waals surface area (Å²) in [5.74, 6) is 0.422. The Balaban J connectivity index is 2.03. The van der Waals surface area contributed by atoms with Gasteiger partial charge in [0.05, 0.1) is 38.1 Å². The summed E-state index contributed by atoms with van der Waals surface area (Å²) in [6.45, 7) is 4.20. The number of rotatable bonds is 4. The van der Waals surface area contributed by atoms with Gasteiger partial charge in [-0.25, -0.2) is 0 Å². The summed E-state index contributed by atoms with van der Waals surface area (Å²) < 4.78 is 7.40. The number of carbonyl (C=O) groups excluding carboxylic acids is 1. The third kappa shape index (κ3) is 4.24. The van der Waals surface area contributed by atoms with Crippen LogP contribution in [0.1, 0.15) is 19.4 Å². The molecule has 1 aliphatic rings. The smallest absolute Gasteiger partial charge is 0.280 e. The highest BCUT2D eigenvalue weighted by atomic mass is 79.9. The van der Waals surface area contributed by atoms with Crippen LogP contribution in [0.15, 0.2) is 50.0 Å². The maximum Gasteiger partial charge on any atom is 0.280 e. The van der Waals surface area contributed by atoms with Gasteiger partial charge in [0.15, 0.2) is 0 Å². The quantitative estimate of drug-likeness (QED) is 0.410. The minimum absolute atomic E-state index is 0.246. The lowest BCUT2D eigenvalue weighted by molar-refractivity contribution is -0.114. The van der Waals surface area contributed by atoms with Crippen LogP contribution in [-0.4, -0.2) is 18.2 Å². The predicted octanol–water partition coefficient (Wildman–Crippen LogP) is 6.72. The number of hydrazone groups is 1. The van der Waals surface area contributed by atoms with E-state index in [-0.39, 0.29) is 5.91 Å². The van der Waals surface area contributed by atoms with Crippen molar-refractivity contribution in [3.63, 3.8) is 0 Å². The molecule has 0 bridgehead atoms. The Morgan fingerprint density at radius 1 is 1.19 bits per heavy atom. The van der Waals surface area contributed by atoms with E-state index in [0.29, 0.717) is 39.4 Å². The Kier molecular flexibility index (Phi) is 6.31. The number of nitrogens with zero attached hydrogens (tertiary/aromatic N) is 2. The standard InChI is InChI=1S/C19H14Br2Cl2N2O2/c1-3-27-18-11(6-12(20)8-15(18)21)7-14-10(2)24-25(19(14)26)13-4-5-16(22)17(23)9-13/h4-9H,3H2,1-2H3/b14-7-. The average molecular weight is 533 g/mol. The lowest BCUT2D eigenvalue weighted by atomic mass is 10.1. The van der Waals surface area contributed by atoms with Crippen molar-refractivity contribution in [2.45, 2.75) is 13.8 Å². The molecule has 27 heavy (non-hydrogen) atoms. The third-order valence-corrected chi connectivity index (χ3v) is 5.62. The highest BCUT2D eigenvalue weighted by molar-refractivity contribution is 9.11.